The Bertz CT molecular complexity index is 803. The van der Waals surface area contributed by atoms with Gasteiger partial charge in [-0.15, -0.1) is 0 Å². The average molecular weight is 314 g/mol. The molecule has 0 radical (unpaired) electrons. The molecule has 0 atom stereocenters. The summed E-state index contributed by atoms with van der Waals surface area (Å²) in [5.74, 6) is 3.82. The van der Waals surface area contributed by atoms with Gasteiger partial charge in [0.05, 0.1) is 6.61 Å². The smallest absolute Gasteiger partial charge is 0.385 e. The van der Waals surface area contributed by atoms with Gasteiger partial charge >= 0.3 is 11.9 Å². The van der Waals surface area contributed by atoms with E-state index in [1.165, 1.54) is 0 Å². The lowest BCUT2D eigenvalue weighted by atomic mass is 10.2. The Labute approximate surface area is 134 Å². The molecule has 2 rings (SSSR count). The first-order chi connectivity index (χ1) is 10.8. The van der Waals surface area contributed by atoms with Gasteiger partial charge in [0, 0.05) is 12.1 Å². The van der Waals surface area contributed by atoms with Gasteiger partial charge in [0.1, 0.15) is 16.9 Å². The lowest BCUT2D eigenvalue weighted by Crippen LogP contribution is -2.22. The minimum atomic E-state index is -0.668. The van der Waals surface area contributed by atoms with Crippen LogP contribution in [0.3, 0.4) is 0 Å². The molecule has 0 aliphatic heterocycles. The van der Waals surface area contributed by atoms with Crippen molar-refractivity contribution in [3.8, 4) is 11.8 Å². The fourth-order valence-electron chi connectivity index (χ4n) is 1.87. The minimum absolute atomic E-state index is 0.0779. The molecule has 6 nitrogen and oxygen atoms in total. The molecule has 0 fully saturated rings. The van der Waals surface area contributed by atoms with Gasteiger partial charge in [-0.3, -0.25) is 4.40 Å². The number of nitrogens with zero attached hydrogens (tertiary/aromatic N) is 2. The van der Waals surface area contributed by atoms with Crippen LogP contribution in [0.2, 0.25) is 0 Å². The lowest BCUT2D eigenvalue weighted by Gasteiger charge is -2.16. The zero-order chi connectivity index (χ0) is 17.0. The van der Waals surface area contributed by atoms with Crippen LogP contribution in [0.5, 0.6) is 0 Å². The van der Waals surface area contributed by atoms with Crippen molar-refractivity contribution in [3.05, 3.63) is 35.8 Å². The van der Waals surface area contributed by atoms with E-state index in [1.54, 1.807) is 56.5 Å². The van der Waals surface area contributed by atoms with Crippen molar-refractivity contribution in [2.75, 3.05) is 6.61 Å². The summed E-state index contributed by atoms with van der Waals surface area (Å²) in [5.41, 5.74) is 0.290. The monoisotopic (exact) mass is 314 g/mol. The van der Waals surface area contributed by atoms with Gasteiger partial charge in [0.2, 0.25) is 0 Å². The van der Waals surface area contributed by atoms with Crippen molar-refractivity contribution in [1.29, 1.82) is 0 Å². The molecule has 0 aliphatic carbocycles. The molecule has 23 heavy (non-hydrogen) atoms. The highest BCUT2D eigenvalue weighted by atomic mass is 16.6. The number of fused-ring (bicyclic) bond motifs is 1. The largest absolute Gasteiger partial charge is 0.461 e. The first-order valence-electron chi connectivity index (χ1n) is 7.21. The summed E-state index contributed by atoms with van der Waals surface area (Å²) in [6.45, 7) is 7.20. The summed E-state index contributed by atoms with van der Waals surface area (Å²) in [4.78, 5) is 28.0. The van der Waals surface area contributed by atoms with Crippen LogP contribution in [-0.4, -0.2) is 33.5 Å². The Kier molecular flexibility index (Phi) is 4.70. The Morgan fingerprint density at radius 3 is 2.70 bits per heavy atom. The number of imidazole rings is 1. The van der Waals surface area contributed by atoms with Crippen LogP contribution in [0.4, 0.5) is 0 Å². The molecule has 120 valence electrons. The molecule has 0 N–H and O–H groups in total. The SMILES string of the molecule is CCOC(=O)c1nc2ccccn2c1C#CC(=O)OC(C)(C)C. The molecule has 2 heterocycles. The minimum Gasteiger partial charge on any atom is -0.461 e. The van der Waals surface area contributed by atoms with Gasteiger partial charge in [0.15, 0.2) is 5.69 Å². The molecule has 0 amide bonds. The molecular formula is C17H18N2O4. The Morgan fingerprint density at radius 1 is 1.30 bits per heavy atom. The van der Waals surface area contributed by atoms with Crippen molar-refractivity contribution in [3.63, 3.8) is 0 Å². The summed E-state index contributed by atoms with van der Waals surface area (Å²) in [6, 6.07) is 5.31. The molecule has 0 aromatic carbocycles. The molecule has 0 spiro atoms. The van der Waals surface area contributed by atoms with Crippen LogP contribution in [0.15, 0.2) is 24.4 Å². The predicted octanol–water partition coefficient (Wildman–Crippen LogP) is 2.20. The third-order valence-electron chi connectivity index (χ3n) is 2.68. The van der Waals surface area contributed by atoms with Crippen molar-refractivity contribution in [1.82, 2.24) is 9.38 Å². The van der Waals surface area contributed by atoms with E-state index < -0.39 is 17.5 Å². The number of hydrogen-bond acceptors (Lipinski definition) is 5. The molecule has 0 bridgehead atoms. The maximum absolute atomic E-state index is 12.0. The highest BCUT2D eigenvalue weighted by Gasteiger charge is 2.19. The first kappa shape index (κ1) is 16.6. The fraction of sp³-hybridized carbons (Fsp3) is 0.353. The maximum atomic E-state index is 12.0. The second kappa shape index (κ2) is 6.53. The Hall–Kier alpha value is -2.81. The maximum Gasteiger partial charge on any atom is 0.385 e. The standard InChI is InChI=1S/C17H18N2O4/c1-5-22-16(21)15-12(9-10-14(20)23-17(2,3)4)19-11-7-6-8-13(19)18-15/h6-8,11H,5H2,1-4H3. The number of carbonyl (C=O) groups is 2. The highest BCUT2D eigenvalue weighted by molar-refractivity contribution is 5.93. The highest BCUT2D eigenvalue weighted by Crippen LogP contribution is 2.13. The van der Waals surface area contributed by atoms with Gasteiger partial charge in [-0.2, -0.15) is 0 Å². The molecule has 2 aromatic rings. The normalized spacial score (nSPS) is 10.8. The molecule has 0 aliphatic rings. The zero-order valence-electron chi connectivity index (χ0n) is 13.5. The predicted molar refractivity (Wildman–Crippen MR) is 83.9 cm³/mol. The Balaban J connectivity index is 2.44. The lowest BCUT2D eigenvalue weighted by molar-refractivity contribution is -0.147. The third kappa shape index (κ3) is 4.10. The van der Waals surface area contributed by atoms with Crippen LogP contribution in [0.25, 0.3) is 5.65 Å². The quantitative estimate of drug-likeness (QED) is 0.628. The van der Waals surface area contributed by atoms with Gasteiger partial charge < -0.3 is 9.47 Å². The number of aromatic nitrogens is 2. The Morgan fingerprint density at radius 2 is 2.04 bits per heavy atom. The van der Waals surface area contributed by atoms with E-state index in [2.05, 4.69) is 16.8 Å². The topological polar surface area (TPSA) is 69.9 Å². The second-order valence-corrected chi connectivity index (χ2v) is 5.71. The van der Waals surface area contributed by atoms with E-state index in [1.807, 2.05) is 0 Å². The van der Waals surface area contributed by atoms with Crippen LogP contribution in [-0.2, 0) is 14.3 Å². The number of rotatable bonds is 2. The average Bonchev–Trinajstić information content (AvgIpc) is 2.82. The van der Waals surface area contributed by atoms with Gasteiger partial charge in [-0.25, -0.2) is 14.6 Å². The molecule has 0 saturated carbocycles. The molecular weight excluding hydrogens is 296 g/mol. The van der Waals surface area contributed by atoms with Gasteiger partial charge in [-0.1, -0.05) is 6.07 Å². The molecule has 0 unspecified atom stereocenters. The summed E-state index contributed by atoms with van der Waals surface area (Å²) in [5, 5.41) is 0. The number of esters is 2. The summed E-state index contributed by atoms with van der Waals surface area (Å²) >= 11 is 0. The number of ether oxygens (including phenoxy) is 2. The molecule has 2 aromatic heterocycles. The van der Waals surface area contributed by atoms with Crippen molar-refractivity contribution < 1.29 is 19.1 Å². The summed E-state index contributed by atoms with van der Waals surface area (Å²) < 4.78 is 11.8. The number of carbonyl (C=O) groups excluding carboxylic acids is 2. The van der Waals surface area contributed by atoms with Gasteiger partial charge in [-0.05, 0) is 45.7 Å². The van der Waals surface area contributed by atoms with Crippen molar-refractivity contribution in [2.45, 2.75) is 33.3 Å². The molecule has 6 heteroatoms. The number of hydrogen-bond donors (Lipinski definition) is 0. The van der Waals surface area contributed by atoms with Crippen LogP contribution in [0, 0.1) is 11.8 Å². The van der Waals surface area contributed by atoms with Crippen molar-refractivity contribution >= 4 is 17.6 Å². The summed E-state index contributed by atoms with van der Waals surface area (Å²) in [7, 11) is 0. The fourth-order valence-corrected chi connectivity index (χ4v) is 1.87. The number of pyridine rings is 1. The van der Waals surface area contributed by atoms with E-state index in [0.29, 0.717) is 11.3 Å². The summed E-state index contributed by atoms with van der Waals surface area (Å²) in [6.07, 6.45) is 1.71. The zero-order valence-corrected chi connectivity index (χ0v) is 13.5. The van der Waals surface area contributed by atoms with E-state index >= 15 is 0 Å². The molecule has 0 saturated heterocycles. The first-order valence-corrected chi connectivity index (χ1v) is 7.21. The van der Waals surface area contributed by atoms with E-state index in [-0.39, 0.29) is 12.3 Å². The van der Waals surface area contributed by atoms with E-state index in [4.69, 9.17) is 9.47 Å². The third-order valence-corrected chi connectivity index (χ3v) is 2.68. The second-order valence-electron chi connectivity index (χ2n) is 5.71. The van der Waals surface area contributed by atoms with Crippen LogP contribution >= 0.6 is 0 Å². The van der Waals surface area contributed by atoms with Crippen LogP contribution in [0.1, 0.15) is 43.9 Å². The van der Waals surface area contributed by atoms with Crippen LogP contribution < -0.4 is 0 Å². The van der Waals surface area contributed by atoms with E-state index in [0.717, 1.165) is 0 Å². The van der Waals surface area contributed by atoms with Gasteiger partial charge in [0.25, 0.3) is 0 Å². The van der Waals surface area contributed by atoms with E-state index in [9.17, 15) is 9.59 Å². The van der Waals surface area contributed by atoms with Crippen molar-refractivity contribution in [2.24, 2.45) is 0 Å².